The standard InChI is InChI=1S/C44H28O/c1-3-13-29(14-4-1)30-23-25-32(26-24-30)42-34-17-7-9-19-36(34)43(37-20-10-8-18-35(37)42)33-27-39(31-15-5-2-6-16-31)44-38-21-11-12-22-40(38)45-41(44)28-33/h1-28H/i1D,2D,3D,4D,5D,6D,11D,12D,13D,14D,15D,16D,21D,22D,23D,24D,25D,26D,27D,28D. The maximum atomic E-state index is 9.97. The molecule has 0 saturated carbocycles. The van der Waals surface area contributed by atoms with Gasteiger partial charge in [-0.15, -0.1) is 0 Å². The van der Waals surface area contributed by atoms with E-state index in [0.717, 1.165) is 0 Å². The summed E-state index contributed by atoms with van der Waals surface area (Å²) in [5, 5.41) is 0.595. The van der Waals surface area contributed by atoms with E-state index in [4.69, 9.17) is 26.3 Å². The maximum Gasteiger partial charge on any atom is 0.136 e. The van der Waals surface area contributed by atoms with Crippen LogP contribution in [0.3, 0.4) is 0 Å². The quantitative estimate of drug-likeness (QED) is 0.185. The van der Waals surface area contributed by atoms with Crippen LogP contribution in [-0.4, -0.2) is 0 Å². The van der Waals surface area contributed by atoms with Crippen LogP contribution >= 0.6 is 0 Å². The van der Waals surface area contributed by atoms with Gasteiger partial charge in [-0.05, 0) is 84.2 Å². The second-order valence-electron chi connectivity index (χ2n) is 10.1. The first-order valence-corrected chi connectivity index (χ1v) is 13.8. The van der Waals surface area contributed by atoms with Crippen molar-refractivity contribution in [3.05, 3.63) is 169 Å². The molecule has 0 radical (unpaired) electrons. The molecule has 1 aromatic heterocycles. The van der Waals surface area contributed by atoms with Crippen LogP contribution in [0, 0.1) is 0 Å². The van der Waals surface area contributed by atoms with Crippen LogP contribution in [0.2, 0.25) is 0 Å². The summed E-state index contributed by atoms with van der Waals surface area (Å²) >= 11 is 0. The van der Waals surface area contributed by atoms with Crippen molar-refractivity contribution in [2.24, 2.45) is 0 Å². The highest BCUT2D eigenvalue weighted by Gasteiger charge is 2.20. The average molecular weight is 593 g/mol. The topological polar surface area (TPSA) is 13.1 Å². The summed E-state index contributed by atoms with van der Waals surface area (Å²) in [6.45, 7) is 0. The van der Waals surface area contributed by atoms with E-state index in [0.29, 0.717) is 0 Å². The van der Waals surface area contributed by atoms with Crippen molar-refractivity contribution in [1.82, 2.24) is 0 Å². The van der Waals surface area contributed by atoms with Gasteiger partial charge in [-0.2, -0.15) is 0 Å². The highest BCUT2D eigenvalue weighted by Crippen LogP contribution is 2.46. The van der Waals surface area contributed by atoms with Gasteiger partial charge in [0, 0.05) is 10.8 Å². The molecule has 8 aromatic carbocycles. The van der Waals surface area contributed by atoms with E-state index < -0.39 is 143 Å². The molecule has 9 aromatic rings. The molecule has 1 nitrogen and oxygen atoms in total. The number of fused-ring (bicyclic) bond motifs is 5. The van der Waals surface area contributed by atoms with E-state index in [1.165, 1.54) is 0 Å². The zero-order valence-electron chi connectivity index (χ0n) is 43.0. The van der Waals surface area contributed by atoms with Crippen molar-refractivity contribution in [1.29, 1.82) is 0 Å². The predicted molar refractivity (Wildman–Crippen MR) is 190 cm³/mol. The van der Waals surface area contributed by atoms with Gasteiger partial charge in [-0.1, -0.05) is 151 Å². The SMILES string of the molecule is [2H]c1c([2H])c([2H])c(-c2c([2H])c([2H])c(-c3c4ccccc4c(-c4c([2H])c(-c5c([2H])c([2H])c([2H])c([2H])c5[2H])c5c(oc6c([2H])c([2H])c([2H])c([2H])c65)c4[2H])c4ccccc34)c([2H])c2[2H])c([2H])c1[2H]. The Labute approximate surface area is 289 Å². The molecule has 1 heteroatoms. The second kappa shape index (κ2) is 10.4. The maximum absolute atomic E-state index is 9.97. The van der Waals surface area contributed by atoms with Crippen molar-refractivity contribution in [3.8, 4) is 44.5 Å². The van der Waals surface area contributed by atoms with E-state index in [1.807, 2.05) is 0 Å². The van der Waals surface area contributed by atoms with Gasteiger partial charge in [0.05, 0.1) is 27.4 Å². The molecule has 0 aliphatic carbocycles. The number of hydrogen-bond acceptors (Lipinski definition) is 1. The Balaban J connectivity index is 1.47. The smallest absolute Gasteiger partial charge is 0.136 e. The van der Waals surface area contributed by atoms with Gasteiger partial charge in [-0.25, -0.2) is 0 Å². The fraction of sp³-hybridized carbons (Fsp3) is 0. The summed E-state index contributed by atoms with van der Waals surface area (Å²) < 4.78 is 182. The minimum Gasteiger partial charge on any atom is -0.456 e. The molecule has 0 saturated heterocycles. The summed E-state index contributed by atoms with van der Waals surface area (Å²) in [6, 6.07) is -0.508. The highest BCUT2D eigenvalue weighted by molar-refractivity contribution is 6.23. The molecule has 0 aliphatic rings. The van der Waals surface area contributed by atoms with Crippen LogP contribution in [0.1, 0.15) is 27.4 Å². The zero-order chi connectivity index (χ0) is 47.1. The monoisotopic (exact) mass is 592 g/mol. The molecule has 0 fully saturated rings. The molecular formula is C44H28O. The lowest BCUT2D eigenvalue weighted by molar-refractivity contribution is 0.669. The predicted octanol–water partition coefficient (Wildman–Crippen LogP) is 12.6. The van der Waals surface area contributed by atoms with Gasteiger partial charge in [0.1, 0.15) is 11.2 Å². The molecule has 1 heterocycles. The fourth-order valence-corrected chi connectivity index (χ4v) is 5.77. The van der Waals surface area contributed by atoms with Gasteiger partial charge in [0.15, 0.2) is 0 Å². The Bertz CT molecular complexity index is 3520. The Morgan fingerprint density at radius 1 is 0.378 bits per heavy atom. The summed E-state index contributed by atoms with van der Waals surface area (Å²) in [4.78, 5) is 0. The van der Waals surface area contributed by atoms with Crippen LogP contribution < -0.4 is 0 Å². The first-order chi connectivity index (χ1) is 30.7. The van der Waals surface area contributed by atoms with Gasteiger partial charge >= 0.3 is 0 Å². The van der Waals surface area contributed by atoms with Crippen molar-refractivity contribution in [2.75, 3.05) is 0 Å². The van der Waals surface area contributed by atoms with Crippen LogP contribution in [0.5, 0.6) is 0 Å². The van der Waals surface area contributed by atoms with Gasteiger partial charge in [-0.3, -0.25) is 0 Å². The van der Waals surface area contributed by atoms with Crippen molar-refractivity contribution < 1.29 is 31.8 Å². The van der Waals surface area contributed by atoms with E-state index in [9.17, 15) is 5.48 Å². The molecule has 9 rings (SSSR count). The van der Waals surface area contributed by atoms with Crippen LogP contribution in [0.25, 0.3) is 88.0 Å². The summed E-state index contributed by atoms with van der Waals surface area (Å²) in [7, 11) is 0. The van der Waals surface area contributed by atoms with Crippen LogP contribution in [0.4, 0.5) is 0 Å². The van der Waals surface area contributed by atoms with Gasteiger partial charge in [0.2, 0.25) is 0 Å². The number of rotatable bonds is 4. The van der Waals surface area contributed by atoms with E-state index >= 15 is 0 Å². The average Bonchev–Trinajstić information content (AvgIpc) is 3.70. The molecule has 0 unspecified atom stereocenters. The van der Waals surface area contributed by atoms with Gasteiger partial charge in [0.25, 0.3) is 0 Å². The minimum atomic E-state index is -0.752. The second-order valence-corrected chi connectivity index (χ2v) is 10.1. The van der Waals surface area contributed by atoms with E-state index in [2.05, 4.69) is 0 Å². The molecule has 0 spiro atoms. The van der Waals surface area contributed by atoms with Crippen molar-refractivity contribution in [2.45, 2.75) is 0 Å². The first kappa shape index (κ1) is 12.6. The number of para-hydroxylation sites is 1. The Hall–Kier alpha value is -5.92. The lowest BCUT2D eigenvalue weighted by Gasteiger charge is -2.18. The van der Waals surface area contributed by atoms with Crippen molar-refractivity contribution in [3.63, 3.8) is 0 Å². The molecule has 0 N–H and O–H groups in total. The van der Waals surface area contributed by atoms with Crippen molar-refractivity contribution >= 4 is 43.5 Å². The molecule has 0 amide bonds. The van der Waals surface area contributed by atoms with E-state index in [-0.39, 0.29) is 65.7 Å². The summed E-state index contributed by atoms with van der Waals surface area (Å²) in [6.07, 6.45) is 0. The fourth-order valence-electron chi connectivity index (χ4n) is 5.77. The molecular weight excluding hydrogens is 544 g/mol. The highest BCUT2D eigenvalue weighted by atomic mass is 16.3. The Morgan fingerprint density at radius 3 is 1.49 bits per heavy atom. The van der Waals surface area contributed by atoms with Crippen LogP contribution in [-0.2, 0) is 0 Å². The molecule has 0 bridgehead atoms. The zero-order valence-corrected chi connectivity index (χ0v) is 23.0. The third-order valence-corrected chi connectivity index (χ3v) is 7.63. The molecule has 210 valence electrons. The largest absolute Gasteiger partial charge is 0.456 e. The third-order valence-electron chi connectivity index (χ3n) is 7.63. The number of furan rings is 1. The normalized spacial score (nSPS) is 17.8. The summed E-state index contributed by atoms with van der Waals surface area (Å²) in [5.74, 6) is 0. The number of hydrogen-bond donors (Lipinski definition) is 0. The summed E-state index contributed by atoms with van der Waals surface area (Å²) in [5.41, 5.74) is -2.75. The first-order valence-electron chi connectivity index (χ1n) is 23.8. The number of benzene rings is 8. The van der Waals surface area contributed by atoms with Gasteiger partial charge < -0.3 is 4.42 Å². The minimum absolute atomic E-state index is 0.163. The molecule has 0 aliphatic heterocycles. The third kappa shape index (κ3) is 4.17. The Morgan fingerprint density at radius 2 is 0.867 bits per heavy atom. The molecule has 45 heavy (non-hydrogen) atoms. The Kier molecular flexibility index (Phi) is 2.90. The lowest BCUT2D eigenvalue weighted by atomic mass is 9.84. The van der Waals surface area contributed by atoms with E-state index in [1.54, 1.807) is 48.5 Å². The lowest BCUT2D eigenvalue weighted by Crippen LogP contribution is -1.92. The molecule has 0 atom stereocenters. The van der Waals surface area contributed by atoms with Crippen LogP contribution in [0.15, 0.2) is 174 Å².